The molecular weight excluding hydrogens is 575 g/mol. The number of ether oxygens (including phenoxy) is 3. The minimum absolute atomic E-state index is 0.125. The first kappa shape index (κ1) is 28.9. The maximum Gasteiger partial charge on any atom is 0.343 e. The number of nitrogens with zero attached hydrogens (tertiary/aromatic N) is 1. The van der Waals surface area contributed by atoms with Gasteiger partial charge in [0.25, 0.3) is 10.0 Å². The highest BCUT2D eigenvalue weighted by Gasteiger charge is 2.18. The third kappa shape index (κ3) is 6.74. The number of carbonyl (C=O) groups is 1. The molecule has 8 nitrogen and oxygen atoms in total. The number of methoxy groups -OCH3 is 2. The van der Waals surface area contributed by atoms with E-state index in [9.17, 15) is 13.2 Å². The van der Waals surface area contributed by atoms with Gasteiger partial charge in [0, 0.05) is 29.2 Å². The van der Waals surface area contributed by atoms with Crippen LogP contribution in [0.4, 0.5) is 5.69 Å². The van der Waals surface area contributed by atoms with Crippen molar-refractivity contribution in [1.29, 1.82) is 0 Å². The van der Waals surface area contributed by atoms with Gasteiger partial charge in [-0.25, -0.2) is 13.2 Å². The van der Waals surface area contributed by atoms with Gasteiger partial charge >= 0.3 is 5.97 Å². The normalized spacial score (nSPS) is 11.6. The van der Waals surface area contributed by atoms with Crippen molar-refractivity contribution in [3.63, 3.8) is 0 Å². The second kappa shape index (κ2) is 12.4. The zero-order valence-corrected chi connectivity index (χ0v) is 24.0. The Balaban J connectivity index is 1.62. The Morgan fingerprint density at radius 1 is 0.850 bits per heavy atom. The molecule has 40 heavy (non-hydrogen) atoms. The van der Waals surface area contributed by atoms with Crippen molar-refractivity contribution in [3.05, 3.63) is 111 Å². The van der Waals surface area contributed by atoms with Crippen LogP contribution < -0.4 is 14.2 Å². The highest BCUT2D eigenvalue weighted by atomic mass is 35.5. The van der Waals surface area contributed by atoms with E-state index >= 15 is 0 Å². The molecule has 0 fully saturated rings. The summed E-state index contributed by atoms with van der Waals surface area (Å²) in [7, 11) is -0.803. The van der Waals surface area contributed by atoms with E-state index in [0.29, 0.717) is 22.6 Å². The van der Waals surface area contributed by atoms with Crippen LogP contribution >= 0.6 is 23.2 Å². The lowest BCUT2D eigenvalue weighted by Gasteiger charge is -2.14. The van der Waals surface area contributed by atoms with Gasteiger partial charge in [0.15, 0.2) is 11.5 Å². The zero-order valence-electron chi connectivity index (χ0n) is 21.6. The summed E-state index contributed by atoms with van der Waals surface area (Å²) in [5.74, 6) is 0.333. The summed E-state index contributed by atoms with van der Waals surface area (Å²) in [5.41, 5.74) is 2.28. The number of esters is 1. The number of hydrogen-bond donors (Lipinski definition) is 1. The molecule has 4 rings (SSSR count). The number of anilines is 1. The van der Waals surface area contributed by atoms with Crippen LogP contribution in [-0.4, -0.2) is 33.6 Å². The van der Waals surface area contributed by atoms with E-state index in [-0.39, 0.29) is 32.0 Å². The number of aromatic nitrogens is 1. The van der Waals surface area contributed by atoms with Crippen LogP contribution in [0.2, 0.25) is 10.0 Å². The standard InChI is InChI=1S/C29H24Cl2N2O6S/c1-18-4-11-22(12-5-18)40(35,36)33-21-9-6-19(7-10-21)29(34)39-27(15-23-24(30)16-32-17-25(23)31)20-8-13-26(37-2)28(14-20)38-3/h4-17,33H,1-3H3/b27-15-. The van der Waals surface area contributed by atoms with E-state index in [1.165, 1.54) is 69.1 Å². The molecule has 0 atom stereocenters. The number of rotatable bonds is 9. The Morgan fingerprint density at radius 2 is 1.45 bits per heavy atom. The second-order valence-corrected chi connectivity index (χ2v) is 11.0. The maximum atomic E-state index is 13.2. The largest absolute Gasteiger partial charge is 0.493 e. The number of benzene rings is 3. The maximum absolute atomic E-state index is 13.2. The molecule has 1 heterocycles. The fourth-order valence-electron chi connectivity index (χ4n) is 3.62. The van der Waals surface area contributed by atoms with Gasteiger partial charge < -0.3 is 14.2 Å². The summed E-state index contributed by atoms with van der Waals surface area (Å²) in [6, 6.07) is 17.3. The van der Waals surface area contributed by atoms with Crippen molar-refractivity contribution in [2.45, 2.75) is 11.8 Å². The lowest BCUT2D eigenvalue weighted by molar-refractivity contribution is 0.0693. The zero-order chi connectivity index (χ0) is 28.9. The molecule has 0 unspecified atom stereocenters. The molecule has 11 heteroatoms. The van der Waals surface area contributed by atoms with Crippen molar-refractivity contribution in [2.75, 3.05) is 18.9 Å². The van der Waals surface area contributed by atoms with Crippen LogP contribution in [0.1, 0.15) is 27.0 Å². The topological polar surface area (TPSA) is 104 Å². The summed E-state index contributed by atoms with van der Waals surface area (Å²) in [5, 5.41) is 0.512. The molecule has 0 spiro atoms. The molecule has 4 aromatic rings. The van der Waals surface area contributed by atoms with E-state index in [4.69, 9.17) is 37.4 Å². The smallest absolute Gasteiger partial charge is 0.343 e. The molecule has 0 saturated carbocycles. The average molecular weight is 599 g/mol. The first-order valence-electron chi connectivity index (χ1n) is 11.8. The van der Waals surface area contributed by atoms with Crippen LogP contribution in [0.5, 0.6) is 11.5 Å². The third-order valence-electron chi connectivity index (χ3n) is 5.74. The van der Waals surface area contributed by atoms with E-state index in [2.05, 4.69) is 9.71 Å². The Labute approximate surface area is 242 Å². The molecule has 0 aliphatic heterocycles. The Hall–Kier alpha value is -4.05. The molecule has 0 bridgehead atoms. The molecular formula is C29H24Cl2N2O6S. The lowest BCUT2D eigenvalue weighted by Crippen LogP contribution is -2.13. The fraction of sp³-hybridized carbons (Fsp3) is 0.103. The highest BCUT2D eigenvalue weighted by molar-refractivity contribution is 7.92. The van der Waals surface area contributed by atoms with E-state index in [1.807, 2.05) is 6.92 Å². The number of pyridine rings is 1. The van der Waals surface area contributed by atoms with Crippen molar-refractivity contribution in [3.8, 4) is 11.5 Å². The second-order valence-electron chi connectivity index (χ2n) is 8.48. The number of sulfonamides is 1. The van der Waals surface area contributed by atoms with Crippen LogP contribution in [0.25, 0.3) is 11.8 Å². The molecule has 206 valence electrons. The SMILES string of the molecule is COc1ccc(/C(=C/c2c(Cl)cncc2Cl)OC(=O)c2ccc(NS(=O)(=O)c3ccc(C)cc3)cc2)cc1OC. The molecule has 0 radical (unpaired) electrons. The predicted octanol–water partition coefficient (Wildman–Crippen LogP) is 6.87. The average Bonchev–Trinajstić information content (AvgIpc) is 2.94. The van der Waals surface area contributed by atoms with Crippen LogP contribution in [0.3, 0.4) is 0 Å². The summed E-state index contributed by atoms with van der Waals surface area (Å²) < 4.78 is 44.4. The van der Waals surface area contributed by atoms with E-state index < -0.39 is 16.0 Å². The molecule has 0 saturated heterocycles. The fourth-order valence-corrected chi connectivity index (χ4v) is 5.15. The van der Waals surface area contributed by atoms with Gasteiger partial charge in [0.05, 0.1) is 34.7 Å². The van der Waals surface area contributed by atoms with Gasteiger partial charge in [-0.1, -0.05) is 40.9 Å². The minimum Gasteiger partial charge on any atom is -0.493 e. The van der Waals surface area contributed by atoms with Gasteiger partial charge in [0.1, 0.15) is 5.76 Å². The van der Waals surface area contributed by atoms with Gasteiger partial charge in [-0.15, -0.1) is 0 Å². The monoisotopic (exact) mass is 598 g/mol. The number of nitrogens with one attached hydrogen (secondary N) is 1. The van der Waals surface area contributed by atoms with Crippen LogP contribution in [0, 0.1) is 6.92 Å². The Kier molecular flexibility index (Phi) is 8.99. The van der Waals surface area contributed by atoms with Crippen molar-refractivity contribution >= 4 is 56.7 Å². The Morgan fingerprint density at radius 3 is 2.05 bits per heavy atom. The number of hydrogen-bond acceptors (Lipinski definition) is 7. The number of carbonyl (C=O) groups excluding carboxylic acids is 1. The quantitative estimate of drug-likeness (QED) is 0.165. The Bertz CT molecular complexity index is 1650. The lowest BCUT2D eigenvalue weighted by atomic mass is 10.1. The van der Waals surface area contributed by atoms with E-state index in [0.717, 1.165) is 5.56 Å². The van der Waals surface area contributed by atoms with Crippen LogP contribution in [-0.2, 0) is 14.8 Å². The molecule has 1 aromatic heterocycles. The van der Waals surface area contributed by atoms with Crippen molar-refractivity contribution in [1.82, 2.24) is 4.98 Å². The summed E-state index contributed by atoms with van der Waals surface area (Å²) in [6.07, 6.45) is 4.36. The molecule has 3 aromatic carbocycles. The van der Waals surface area contributed by atoms with E-state index in [1.54, 1.807) is 30.3 Å². The summed E-state index contributed by atoms with van der Waals surface area (Å²) >= 11 is 12.6. The minimum atomic E-state index is -3.80. The molecule has 0 aliphatic carbocycles. The molecule has 0 amide bonds. The van der Waals surface area contributed by atoms with Crippen LogP contribution in [0.15, 0.2) is 84.0 Å². The van der Waals surface area contributed by atoms with Gasteiger partial charge in [0.2, 0.25) is 0 Å². The molecule has 0 aliphatic rings. The summed E-state index contributed by atoms with van der Waals surface area (Å²) in [6.45, 7) is 1.87. The first-order chi connectivity index (χ1) is 19.1. The number of halogens is 2. The molecule has 1 N–H and O–H groups in total. The first-order valence-corrected chi connectivity index (χ1v) is 14.0. The summed E-state index contributed by atoms with van der Waals surface area (Å²) in [4.78, 5) is 17.3. The highest BCUT2D eigenvalue weighted by Crippen LogP contribution is 2.34. The van der Waals surface area contributed by atoms with Crippen molar-refractivity contribution in [2.24, 2.45) is 0 Å². The van der Waals surface area contributed by atoms with Crippen molar-refractivity contribution < 1.29 is 27.4 Å². The third-order valence-corrected chi connectivity index (χ3v) is 7.74. The van der Waals surface area contributed by atoms with Gasteiger partial charge in [-0.2, -0.15) is 0 Å². The van der Waals surface area contributed by atoms with Gasteiger partial charge in [-0.05, 0) is 67.6 Å². The predicted molar refractivity (Wildman–Crippen MR) is 156 cm³/mol. The number of aryl methyl sites for hydroxylation is 1. The van der Waals surface area contributed by atoms with Gasteiger partial charge in [-0.3, -0.25) is 9.71 Å².